The lowest BCUT2D eigenvalue weighted by Crippen LogP contribution is -2.34. The number of esters is 1. The van der Waals surface area contributed by atoms with Gasteiger partial charge in [0.2, 0.25) is 0 Å². The van der Waals surface area contributed by atoms with Crippen LogP contribution in [0.15, 0.2) is 42.1 Å². The molecule has 2 aromatic rings. The Morgan fingerprint density at radius 2 is 1.96 bits per heavy atom. The van der Waals surface area contributed by atoms with Gasteiger partial charge in [0.25, 0.3) is 5.91 Å². The number of ether oxygens (including phenoxy) is 1. The molecule has 3 rings (SSSR count). The number of nitrogens with zero attached hydrogens (tertiary/aromatic N) is 2. The van der Waals surface area contributed by atoms with Crippen LogP contribution in [0.4, 0.5) is 0 Å². The lowest BCUT2D eigenvalue weighted by molar-refractivity contribution is 0.0594. The van der Waals surface area contributed by atoms with Crippen LogP contribution in [0.5, 0.6) is 0 Å². The summed E-state index contributed by atoms with van der Waals surface area (Å²) in [7, 11) is 3.08. The maximum Gasteiger partial charge on any atom is 0.359 e. The molecule has 1 aliphatic rings. The van der Waals surface area contributed by atoms with Gasteiger partial charge in [0.1, 0.15) is 0 Å². The fourth-order valence-corrected chi connectivity index (χ4v) is 3.38. The molecule has 1 heterocycles. The third-order valence-corrected chi connectivity index (χ3v) is 4.90. The van der Waals surface area contributed by atoms with Gasteiger partial charge in [-0.2, -0.15) is 5.10 Å². The second-order valence-electron chi connectivity index (χ2n) is 6.85. The van der Waals surface area contributed by atoms with Gasteiger partial charge in [-0.15, -0.1) is 0 Å². The Kier molecular flexibility index (Phi) is 5.74. The largest absolute Gasteiger partial charge is 0.464 e. The van der Waals surface area contributed by atoms with E-state index in [1.54, 1.807) is 30.1 Å². The summed E-state index contributed by atoms with van der Waals surface area (Å²) in [4.78, 5) is 24.4. The third-order valence-electron chi connectivity index (χ3n) is 4.90. The minimum absolute atomic E-state index is 0.0433. The Balaban J connectivity index is 1.75. The number of methoxy groups -OCH3 is 1. The van der Waals surface area contributed by atoms with Crippen molar-refractivity contribution in [2.24, 2.45) is 7.05 Å². The van der Waals surface area contributed by atoms with Gasteiger partial charge in [-0.3, -0.25) is 9.48 Å². The van der Waals surface area contributed by atoms with Crippen LogP contribution >= 0.6 is 0 Å². The van der Waals surface area contributed by atoms with Crippen molar-refractivity contribution in [2.75, 3.05) is 7.11 Å². The molecule has 6 heteroatoms. The smallest absolute Gasteiger partial charge is 0.359 e. The Labute approximate surface area is 159 Å². The fraction of sp³-hybridized carbons (Fsp3) is 0.381. The molecule has 1 atom stereocenters. The number of amides is 1. The molecule has 1 aromatic carbocycles. The van der Waals surface area contributed by atoms with E-state index in [-0.39, 0.29) is 17.6 Å². The van der Waals surface area contributed by atoms with Crippen LogP contribution < -0.4 is 5.32 Å². The number of hydrogen-bond donors (Lipinski definition) is 1. The van der Waals surface area contributed by atoms with Gasteiger partial charge >= 0.3 is 5.97 Å². The summed E-state index contributed by atoms with van der Waals surface area (Å²) in [5.41, 5.74) is 3.64. The number of carbonyl (C=O) groups excluding carboxylic acids is 2. The molecule has 1 aromatic heterocycles. The highest BCUT2D eigenvalue weighted by atomic mass is 16.5. The lowest BCUT2D eigenvalue weighted by atomic mass is 9.94. The first-order chi connectivity index (χ1) is 13.0. The molecule has 0 saturated carbocycles. The lowest BCUT2D eigenvalue weighted by Gasteiger charge is -2.21. The highest BCUT2D eigenvalue weighted by Crippen LogP contribution is 2.24. The first kappa shape index (κ1) is 18.9. The summed E-state index contributed by atoms with van der Waals surface area (Å²) in [5.74, 6) is -0.582. The second kappa shape index (κ2) is 8.20. The number of rotatable bonds is 5. The van der Waals surface area contributed by atoms with Gasteiger partial charge < -0.3 is 10.1 Å². The van der Waals surface area contributed by atoms with Crippen molar-refractivity contribution >= 4 is 11.9 Å². The van der Waals surface area contributed by atoms with E-state index in [1.165, 1.54) is 25.5 Å². The number of carbonyl (C=O) groups is 2. The van der Waals surface area contributed by atoms with E-state index in [1.807, 2.05) is 19.1 Å². The van der Waals surface area contributed by atoms with Gasteiger partial charge in [-0.1, -0.05) is 23.8 Å². The average Bonchev–Trinajstić information content (AvgIpc) is 3.09. The molecular weight excluding hydrogens is 342 g/mol. The Morgan fingerprint density at radius 1 is 1.22 bits per heavy atom. The summed E-state index contributed by atoms with van der Waals surface area (Å²) in [5, 5.41) is 7.23. The minimum atomic E-state index is -0.484. The average molecular weight is 367 g/mol. The number of allylic oxidation sites excluding steroid dienone is 1. The van der Waals surface area contributed by atoms with Crippen LogP contribution in [0.3, 0.4) is 0 Å². The van der Waals surface area contributed by atoms with Crippen LogP contribution in [0.2, 0.25) is 0 Å². The fourth-order valence-electron chi connectivity index (χ4n) is 3.38. The first-order valence-corrected chi connectivity index (χ1v) is 9.21. The van der Waals surface area contributed by atoms with Crippen molar-refractivity contribution in [1.29, 1.82) is 0 Å². The van der Waals surface area contributed by atoms with E-state index in [4.69, 9.17) is 4.74 Å². The van der Waals surface area contributed by atoms with Crippen molar-refractivity contribution in [2.45, 2.75) is 38.6 Å². The molecule has 0 fully saturated rings. The minimum Gasteiger partial charge on any atom is -0.464 e. The third kappa shape index (κ3) is 4.27. The summed E-state index contributed by atoms with van der Waals surface area (Å²) >= 11 is 0. The SMILES string of the molecule is COC(=O)c1nn(C)cc1-c1ccc(C(=O)N[C@H](C)C2=CCCCC2)cc1. The molecule has 1 amide bonds. The zero-order chi connectivity index (χ0) is 19.4. The van der Waals surface area contributed by atoms with E-state index >= 15 is 0 Å². The predicted octanol–water partition coefficient (Wildman–Crippen LogP) is 3.49. The number of benzene rings is 1. The monoisotopic (exact) mass is 367 g/mol. The summed E-state index contributed by atoms with van der Waals surface area (Å²) in [6, 6.07) is 7.22. The highest BCUT2D eigenvalue weighted by molar-refractivity contribution is 5.97. The molecule has 27 heavy (non-hydrogen) atoms. The molecule has 1 N–H and O–H groups in total. The van der Waals surface area contributed by atoms with Crippen LogP contribution in [-0.2, 0) is 11.8 Å². The second-order valence-corrected chi connectivity index (χ2v) is 6.85. The van der Waals surface area contributed by atoms with Gasteiger partial charge in [0.15, 0.2) is 5.69 Å². The molecule has 0 saturated heterocycles. The van der Waals surface area contributed by atoms with Crippen LogP contribution in [-0.4, -0.2) is 34.8 Å². The van der Waals surface area contributed by atoms with E-state index < -0.39 is 5.97 Å². The van der Waals surface area contributed by atoms with Crippen LogP contribution in [0, 0.1) is 0 Å². The summed E-state index contributed by atoms with van der Waals surface area (Å²) in [6.45, 7) is 2.03. The van der Waals surface area contributed by atoms with Gasteiger partial charge in [0.05, 0.1) is 7.11 Å². The van der Waals surface area contributed by atoms with Crippen LogP contribution in [0.25, 0.3) is 11.1 Å². The summed E-state index contributed by atoms with van der Waals surface area (Å²) < 4.78 is 6.36. The summed E-state index contributed by atoms with van der Waals surface area (Å²) in [6.07, 6.45) is 8.57. The molecule has 6 nitrogen and oxygen atoms in total. The van der Waals surface area contributed by atoms with Crippen molar-refractivity contribution in [3.63, 3.8) is 0 Å². The number of hydrogen-bond acceptors (Lipinski definition) is 4. The molecular formula is C21H25N3O3. The van der Waals surface area contributed by atoms with Crippen molar-refractivity contribution in [1.82, 2.24) is 15.1 Å². The van der Waals surface area contributed by atoms with E-state index in [9.17, 15) is 9.59 Å². The standard InChI is InChI=1S/C21H25N3O3/c1-14(15-7-5-4-6-8-15)22-20(25)17-11-9-16(10-12-17)18-13-24(2)23-19(18)21(26)27-3/h7,9-14H,4-6,8H2,1-3H3,(H,22,25)/t14-/m1/s1. The van der Waals surface area contributed by atoms with E-state index in [2.05, 4.69) is 16.5 Å². The van der Waals surface area contributed by atoms with Crippen molar-refractivity contribution in [3.05, 3.63) is 53.4 Å². The zero-order valence-corrected chi connectivity index (χ0v) is 16.0. The quantitative estimate of drug-likeness (QED) is 0.648. The molecule has 0 bridgehead atoms. The molecule has 1 aliphatic carbocycles. The Hall–Kier alpha value is -2.89. The van der Waals surface area contributed by atoms with Gasteiger partial charge in [0, 0.05) is 30.4 Å². The number of nitrogens with one attached hydrogen (secondary N) is 1. The normalized spacial score (nSPS) is 15.0. The maximum atomic E-state index is 12.5. The molecule has 0 radical (unpaired) electrons. The van der Waals surface area contributed by atoms with E-state index in [0.717, 1.165) is 18.4 Å². The Morgan fingerprint density at radius 3 is 2.59 bits per heavy atom. The predicted molar refractivity (Wildman–Crippen MR) is 103 cm³/mol. The van der Waals surface area contributed by atoms with Crippen molar-refractivity contribution < 1.29 is 14.3 Å². The number of aromatic nitrogens is 2. The highest BCUT2D eigenvalue weighted by Gasteiger charge is 2.19. The number of aryl methyl sites for hydroxylation is 1. The molecule has 142 valence electrons. The van der Waals surface area contributed by atoms with Crippen molar-refractivity contribution in [3.8, 4) is 11.1 Å². The molecule has 0 spiro atoms. The topological polar surface area (TPSA) is 73.2 Å². The molecule has 0 aliphatic heterocycles. The van der Waals surface area contributed by atoms with Crippen LogP contribution in [0.1, 0.15) is 53.5 Å². The Bertz CT molecular complexity index is 865. The van der Waals surface area contributed by atoms with Gasteiger partial charge in [-0.05, 0) is 50.3 Å². The first-order valence-electron chi connectivity index (χ1n) is 9.21. The van der Waals surface area contributed by atoms with E-state index in [0.29, 0.717) is 11.1 Å². The molecule has 0 unspecified atom stereocenters. The zero-order valence-electron chi connectivity index (χ0n) is 16.0. The maximum absolute atomic E-state index is 12.5. The van der Waals surface area contributed by atoms with Gasteiger partial charge in [-0.25, -0.2) is 4.79 Å².